The minimum Gasteiger partial charge on any atom is -0.300 e. The molecule has 0 N–H and O–H groups in total. The Bertz CT molecular complexity index is 413. The zero-order chi connectivity index (χ0) is 13.0. The van der Waals surface area contributed by atoms with Gasteiger partial charge >= 0.3 is 0 Å². The van der Waals surface area contributed by atoms with E-state index in [0.29, 0.717) is 6.04 Å². The first-order chi connectivity index (χ1) is 8.72. The predicted octanol–water partition coefficient (Wildman–Crippen LogP) is 4.27. The average molecular weight is 243 g/mol. The van der Waals surface area contributed by atoms with Gasteiger partial charge in [0.25, 0.3) is 0 Å². The van der Waals surface area contributed by atoms with E-state index >= 15 is 0 Å². The molecule has 1 fully saturated rings. The van der Waals surface area contributed by atoms with Crippen molar-refractivity contribution in [2.45, 2.75) is 46.1 Å². The molecule has 1 aromatic rings. The Balaban J connectivity index is 2.08. The van der Waals surface area contributed by atoms with E-state index in [2.05, 4.69) is 56.0 Å². The van der Waals surface area contributed by atoms with Crippen LogP contribution in [0.3, 0.4) is 0 Å². The maximum absolute atomic E-state index is 2.63. The highest BCUT2D eigenvalue weighted by atomic mass is 15.2. The first kappa shape index (κ1) is 13.4. The quantitative estimate of drug-likeness (QED) is 0.763. The van der Waals surface area contributed by atoms with Gasteiger partial charge in [0.2, 0.25) is 0 Å². The van der Waals surface area contributed by atoms with Crippen LogP contribution in [-0.4, -0.2) is 24.0 Å². The maximum atomic E-state index is 2.63. The number of likely N-dealkylation sites (tertiary alicyclic amines) is 1. The van der Waals surface area contributed by atoms with Gasteiger partial charge in [-0.2, -0.15) is 0 Å². The van der Waals surface area contributed by atoms with Gasteiger partial charge in [0, 0.05) is 6.04 Å². The van der Waals surface area contributed by atoms with Crippen LogP contribution in [0.1, 0.15) is 44.2 Å². The van der Waals surface area contributed by atoms with Gasteiger partial charge in [0.1, 0.15) is 0 Å². The van der Waals surface area contributed by atoms with Crippen molar-refractivity contribution in [2.75, 3.05) is 13.1 Å². The normalized spacial score (nSPS) is 19.2. The Kier molecular flexibility index (Phi) is 4.60. The lowest BCUT2D eigenvalue weighted by atomic mass is 9.95. The average Bonchev–Trinajstić information content (AvgIpc) is 2.90. The fourth-order valence-electron chi connectivity index (χ4n) is 2.95. The van der Waals surface area contributed by atoms with Gasteiger partial charge < -0.3 is 4.90 Å². The summed E-state index contributed by atoms with van der Waals surface area (Å²) >= 11 is 0. The van der Waals surface area contributed by atoms with E-state index in [1.54, 1.807) is 0 Å². The Hall–Kier alpha value is -1.08. The fourth-order valence-corrected chi connectivity index (χ4v) is 2.95. The number of hydrogen-bond donors (Lipinski definition) is 0. The van der Waals surface area contributed by atoms with E-state index in [-0.39, 0.29) is 0 Å². The molecule has 1 aliphatic rings. The van der Waals surface area contributed by atoms with E-state index in [1.807, 2.05) is 0 Å². The second-order valence-corrected chi connectivity index (χ2v) is 5.43. The number of allylic oxidation sites excluding steroid dienone is 1. The monoisotopic (exact) mass is 243 g/mol. The van der Waals surface area contributed by atoms with Crippen molar-refractivity contribution < 1.29 is 0 Å². The summed E-state index contributed by atoms with van der Waals surface area (Å²) in [5.41, 5.74) is 4.30. The number of nitrogens with zero attached hydrogens (tertiary/aromatic N) is 1. The molecule has 1 unspecified atom stereocenters. The highest BCUT2D eigenvalue weighted by Gasteiger charge is 2.19. The molecule has 1 atom stereocenters. The molecule has 1 aliphatic heterocycles. The lowest BCUT2D eigenvalue weighted by molar-refractivity contribution is 0.263. The molecule has 1 saturated heterocycles. The summed E-state index contributed by atoms with van der Waals surface area (Å²) < 4.78 is 0. The first-order valence-electron chi connectivity index (χ1n) is 7.17. The molecular weight excluding hydrogens is 218 g/mol. The summed E-state index contributed by atoms with van der Waals surface area (Å²) in [6.45, 7) is 9.31. The Labute approximate surface area is 112 Å². The fraction of sp³-hybridized carbons (Fsp3) is 0.529. The van der Waals surface area contributed by atoms with Crippen molar-refractivity contribution in [3.63, 3.8) is 0 Å². The SMILES string of the molecule is C/C=C(/CC(C)N1CCCC1)c1ccccc1C. The van der Waals surface area contributed by atoms with Gasteiger partial charge in [0.15, 0.2) is 0 Å². The molecule has 1 aromatic carbocycles. The molecular formula is C17H25N. The molecule has 0 spiro atoms. The topological polar surface area (TPSA) is 3.24 Å². The van der Waals surface area contributed by atoms with Crippen molar-refractivity contribution in [2.24, 2.45) is 0 Å². The van der Waals surface area contributed by atoms with E-state index < -0.39 is 0 Å². The second kappa shape index (κ2) is 6.19. The molecule has 0 radical (unpaired) electrons. The Morgan fingerprint density at radius 3 is 2.56 bits per heavy atom. The highest BCUT2D eigenvalue weighted by molar-refractivity contribution is 5.68. The van der Waals surface area contributed by atoms with E-state index in [9.17, 15) is 0 Å². The molecule has 0 amide bonds. The zero-order valence-electron chi connectivity index (χ0n) is 11.9. The number of benzene rings is 1. The molecule has 98 valence electrons. The Morgan fingerprint density at radius 2 is 1.94 bits per heavy atom. The zero-order valence-corrected chi connectivity index (χ0v) is 11.9. The summed E-state index contributed by atoms with van der Waals surface area (Å²) in [6.07, 6.45) is 6.20. The first-order valence-corrected chi connectivity index (χ1v) is 7.17. The lowest BCUT2D eigenvalue weighted by Gasteiger charge is -2.25. The van der Waals surface area contributed by atoms with Crippen molar-refractivity contribution in [3.05, 3.63) is 41.5 Å². The minimum absolute atomic E-state index is 0.665. The van der Waals surface area contributed by atoms with Gasteiger partial charge in [-0.15, -0.1) is 0 Å². The van der Waals surface area contributed by atoms with Crippen LogP contribution in [0.15, 0.2) is 30.3 Å². The van der Waals surface area contributed by atoms with Crippen molar-refractivity contribution in [3.8, 4) is 0 Å². The van der Waals surface area contributed by atoms with E-state index in [0.717, 1.165) is 0 Å². The standard InChI is InChI=1S/C17H25N/c1-4-16(17-10-6-5-9-14(17)2)13-15(3)18-11-7-8-12-18/h4-6,9-10,15H,7-8,11-13H2,1-3H3/b16-4-. The van der Waals surface area contributed by atoms with Crippen molar-refractivity contribution in [1.29, 1.82) is 0 Å². The van der Waals surface area contributed by atoms with Crippen molar-refractivity contribution >= 4 is 5.57 Å². The second-order valence-electron chi connectivity index (χ2n) is 5.43. The maximum Gasteiger partial charge on any atom is 0.0107 e. The number of hydrogen-bond acceptors (Lipinski definition) is 1. The molecule has 2 rings (SSSR count). The Morgan fingerprint density at radius 1 is 1.28 bits per heavy atom. The third-order valence-corrected chi connectivity index (χ3v) is 4.12. The lowest BCUT2D eigenvalue weighted by Crippen LogP contribution is -2.30. The van der Waals surface area contributed by atoms with Crippen LogP contribution >= 0.6 is 0 Å². The largest absolute Gasteiger partial charge is 0.300 e. The molecule has 0 bridgehead atoms. The van der Waals surface area contributed by atoms with Crippen LogP contribution in [0.5, 0.6) is 0 Å². The highest BCUT2D eigenvalue weighted by Crippen LogP contribution is 2.26. The van der Waals surface area contributed by atoms with Crippen LogP contribution in [-0.2, 0) is 0 Å². The van der Waals surface area contributed by atoms with Crippen LogP contribution in [0.4, 0.5) is 0 Å². The van der Waals surface area contributed by atoms with E-state index in [4.69, 9.17) is 0 Å². The molecule has 18 heavy (non-hydrogen) atoms. The number of rotatable bonds is 4. The van der Waals surface area contributed by atoms with Crippen LogP contribution in [0.2, 0.25) is 0 Å². The molecule has 1 nitrogen and oxygen atoms in total. The molecule has 0 aliphatic carbocycles. The van der Waals surface area contributed by atoms with Gasteiger partial charge in [0.05, 0.1) is 0 Å². The minimum atomic E-state index is 0.665. The third-order valence-electron chi connectivity index (χ3n) is 4.12. The van der Waals surface area contributed by atoms with Gasteiger partial charge in [-0.05, 0) is 69.8 Å². The molecule has 1 heterocycles. The third kappa shape index (κ3) is 3.02. The van der Waals surface area contributed by atoms with Crippen LogP contribution in [0, 0.1) is 6.92 Å². The number of aryl methyl sites for hydroxylation is 1. The summed E-state index contributed by atoms with van der Waals surface area (Å²) in [5.74, 6) is 0. The van der Waals surface area contributed by atoms with Gasteiger partial charge in [-0.1, -0.05) is 30.3 Å². The van der Waals surface area contributed by atoms with Gasteiger partial charge in [-0.25, -0.2) is 0 Å². The van der Waals surface area contributed by atoms with Gasteiger partial charge in [-0.3, -0.25) is 0 Å². The summed E-state index contributed by atoms with van der Waals surface area (Å²) in [4.78, 5) is 2.63. The summed E-state index contributed by atoms with van der Waals surface area (Å²) in [5, 5.41) is 0. The van der Waals surface area contributed by atoms with E-state index in [1.165, 1.54) is 49.1 Å². The van der Waals surface area contributed by atoms with Crippen LogP contribution < -0.4 is 0 Å². The smallest absolute Gasteiger partial charge is 0.0107 e. The summed E-state index contributed by atoms with van der Waals surface area (Å²) in [6, 6.07) is 9.39. The molecule has 1 heteroatoms. The predicted molar refractivity (Wildman–Crippen MR) is 79.7 cm³/mol. The van der Waals surface area contributed by atoms with Crippen LogP contribution in [0.25, 0.3) is 5.57 Å². The van der Waals surface area contributed by atoms with Crippen molar-refractivity contribution in [1.82, 2.24) is 4.90 Å². The summed E-state index contributed by atoms with van der Waals surface area (Å²) in [7, 11) is 0. The molecule has 0 aromatic heterocycles. The molecule has 0 saturated carbocycles.